The maximum atomic E-state index is 13.1. The van der Waals surface area contributed by atoms with Gasteiger partial charge in [-0.2, -0.15) is 0 Å². The Balaban J connectivity index is 1.89. The second-order valence-corrected chi connectivity index (χ2v) is 6.24. The van der Waals surface area contributed by atoms with Crippen LogP contribution in [-0.2, 0) is 5.60 Å². The van der Waals surface area contributed by atoms with E-state index in [0.29, 0.717) is 11.1 Å². The molecule has 0 aliphatic carbocycles. The van der Waals surface area contributed by atoms with Crippen LogP contribution in [0.5, 0.6) is 0 Å². The van der Waals surface area contributed by atoms with Crippen LogP contribution < -0.4 is 0 Å². The summed E-state index contributed by atoms with van der Waals surface area (Å²) in [6.07, 6.45) is 0.282. The number of aliphatic hydroxyl groups is 1. The molecule has 0 spiro atoms. The quantitative estimate of drug-likeness (QED) is 0.685. The first-order chi connectivity index (χ1) is 11.8. The molecule has 1 amide bonds. The Labute approximate surface area is 143 Å². The van der Waals surface area contributed by atoms with Crippen molar-refractivity contribution >= 4 is 11.6 Å². The molecule has 1 saturated heterocycles. The van der Waals surface area contributed by atoms with Gasteiger partial charge < -0.3 is 10.0 Å². The molecule has 1 atom stereocenters. The van der Waals surface area contributed by atoms with E-state index in [1.54, 1.807) is 13.0 Å². The van der Waals surface area contributed by atoms with Crippen LogP contribution in [0.4, 0.5) is 10.1 Å². The fourth-order valence-electron chi connectivity index (χ4n) is 3.20. The third-order valence-electron chi connectivity index (χ3n) is 4.58. The van der Waals surface area contributed by atoms with Gasteiger partial charge in [-0.25, -0.2) is 4.39 Å². The van der Waals surface area contributed by atoms with E-state index >= 15 is 0 Å². The third-order valence-corrected chi connectivity index (χ3v) is 4.58. The molecule has 1 aliphatic heterocycles. The Morgan fingerprint density at radius 3 is 2.60 bits per heavy atom. The van der Waals surface area contributed by atoms with Gasteiger partial charge in [0.05, 0.1) is 11.5 Å². The van der Waals surface area contributed by atoms with Crippen molar-refractivity contribution in [2.75, 3.05) is 13.1 Å². The highest BCUT2D eigenvalue weighted by atomic mass is 19.1. The van der Waals surface area contributed by atoms with Crippen LogP contribution in [0.15, 0.2) is 42.5 Å². The zero-order valence-corrected chi connectivity index (χ0v) is 13.6. The zero-order valence-electron chi connectivity index (χ0n) is 13.6. The van der Waals surface area contributed by atoms with Crippen molar-refractivity contribution in [1.29, 1.82) is 0 Å². The fraction of sp³-hybridized carbons (Fsp3) is 0.278. The average molecular weight is 344 g/mol. The molecule has 1 N–H and O–H groups in total. The summed E-state index contributed by atoms with van der Waals surface area (Å²) >= 11 is 0. The summed E-state index contributed by atoms with van der Waals surface area (Å²) in [5.41, 5.74) is -0.473. The second-order valence-electron chi connectivity index (χ2n) is 6.24. The number of carbonyl (C=O) groups is 1. The number of β-amino-alcohol motifs (C(OH)–C–C–N with tert-alkyl or cyclic N) is 1. The third kappa shape index (κ3) is 3.10. The van der Waals surface area contributed by atoms with E-state index in [2.05, 4.69) is 0 Å². The lowest BCUT2D eigenvalue weighted by molar-refractivity contribution is -0.385. The number of hydrogen-bond acceptors (Lipinski definition) is 4. The van der Waals surface area contributed by atoms with E-state index in [-0.39, 0.29) is 30.8 Å². The van der Waals surface area contributed by atoms with Crippen molar-refractivity contribution in [3.63, 3.8) is 0 Å². The SMILES string of the molecule is Cc1cccc([N+](=O)[O-])c1C(=O)N1CCC(O)(c2ccc(F)cc2)C1. The van der Waals surface area contributed by atoms with Crippen molar-refractivity contribution in [3.8, 4) is 0 Å². The van der Waals surface area contributed by atoms with Gasteiger partial charge in [0, 0.05) is 12.6 Å². The average Bonchev–Trinajstić information content (AvgIpc) is 2.98. The smallest absolute Gasteiger partial charge is 0.282 e. The Morgan fingerprint density at radius 2 is 1.96 bits per heavy atom. The van der Waals surface area contributed by atoms with Gasteiger partial charge in [-0.3, -0.25) is 14.9 Å². The topological polar surface area (TPSA) is 83.7 Å². The minimum atomic E-state index is -1.29. The highest BCUT2D eigenvalue weighted by Crippen LogP contribution is 2.34. The molecule has 2 aromatic rings. The molecule has 1 heterocycles. The largest absolute Gasteiger partial charge is 0.383 e. The molecule has 2 aromatic carbocycles. The number of benzene rings is 2. The molecule has 6 nitrogen and oxygen atoms in total. The van der Waals surface area contributed by atoms with Crippen LogP contribution >= 0.6 is 0 Å². The van der Waals surface area contributed by atoms with E-state index in [1.165, 1.54) is 41.3 Å². The van der Waals surface area contributed by atoms with Gasteiger partial charge in [-0.15, -0.1) is 0 Å². The molecule has 0 aromatic heterocycles. The van der Waals surface area contributed by atoms with Gasteiger partial charge in [0.2, 0.25) is 0 Å². The summed E-state index contributed by atoms with van der Waals surface area (Å²) < 4.78 is 13.1. The molecular weight excluding hydrogens is 327 g/mol. The van der Waals surface area contributed by atoms with Gasteiger partial charge in [0.1, 0.15) is 17.0 Å². The van der Waals surface area contributed by atoms with E-state index < -0.39 is 22.2 Å². The van der Waals surface area contributed by atoms with Crippen molar-refractivity contribution in [3.05, 3.63) is 75.1 Å². The fourth-order valence-corrected chi connectivity index (χ4v) is 3.20. The van der Waals surface area contributed by atoms with Crippen molar-refractivity contribution < 1.29 is 19.2 Å². The zero-order chi connectivity index (χ0) is 18.2. The molecule has 0 radical (unpaired) electrons. The summed E-state index contributed by atoms with van der Waals surface area (Å²) in [5.74, 6) is -0.892. The molecule has 1 aliphatic rings. The molecule has 25 heavy (non-hydrogen) atoms. The van der Waals surface area contributed by atoms with E-state index in [1.807, 2.05) is 0 Å². The van der Waals surface area contributed by atoms with Crippen LogP contribution in [0.3, 0.4) is 0 Å². The Morgan fingerprint density at radius 1 is 1.28 bits per heavy atom. The number of carbonyl (C=O) groups excluding carboxylic acids is 1. The molecule has 7 heteroatoms. The Bertz CT molecular complexity index is 837. The number of hydrogen-bond donors (Lipinski definition) is 1. The van der Waals surface area contributed by atoms with Gasteiger partial charge in [0.15, 0.2) is 0 Å². The van der Waals surface area contributed by atoms with Crippen LogP contribution in [0.1, 0.15) is 27.9 Å². The maximum absolute atomic E-state index is 13.1. The highest BCUT2D eigenvalue weighted by Gasteiger charge is 2.41. The molecular formula is C18H17FN2O4. The summed E-state index contributed by atoms with van der Waals surface area (Å²) in [4.78, 5) is 24.9. The number of amides is 1. The monoisotopic (exact) mass is 344 g/mol. The molecule has 0 bridgehead atoms. The number of rotatable bonds is 3. The van der Waals surface area contributed by atoms with E-state index in [0.717, 1.165) is 0 Å². The van der Waals surface area contributed by atoms with E-state index in [4.69, 9.17) is 0 Å². The summed E-state index contributed by atoms with van der Waals surface area (Å²) in [6, 6.07) is 9.95. The van der Waals surface area contributed by atoms with E-state index in [9.17, 15) is 24.4 Å². The van der Waals surface area contributed by atoms with Gasteiger partial charge in [-0.1, -0.05) is 24.3 Å². The van der Waals surface area contributed by atoms with Gasteiger partial charge in [-0.05, 0) is 36.6 Å². The summed E-state index contributed by atoms with van der Waals surface area (Å²) in [5, 5.41) is 22.0. The highest BCUT2D eigenvalue weighted by molar-refractivity contribution is 5.99. The minimum absolute atomic E-state index is 0.00293. The number of nitro groups is 1. The van der Waals surface area contributed by atoms with Crippen molar-refractivity contribution in [2.45, 2.75) is 18.9 Å². The predicted molar refractivity (Wildman–Crippen MR) is 88.7 cm³/mol. The maximum Gasteiger partial charge on any atom is 0.282 e. The molecule has 1 unspecified atom stereocenters. The number of nitrogens with zero attached hydrogens (tertiary/aromatic N) is 2. The first-order valence-corrected chi connectivity index (χ1v) is 7.83. The Hall–Kier alpha value is -2.80. The van der Waals surface area contributed by atoms with Crippen LogP contribution in [0.25, 0.3) is 0 Å². The van der Waals surface area contributed by atoms with Crippen molar-refractivity contribution in [1.82, 2.24) is 4.90 Å². The molecule has 1 fully saturated rings. The second kappa shape index (κ2) is 6.25. The number of nitro benzene ring substituents is 1. The number of likely N-dealkylation sites (tertiary alicyclic amines) is 1. The minimum Gasteiger partial charge on any atom is -0.383 e. The summed E-state index contributed by atoms with van der Waals surface area (Å²) in [7, 11) is 0. The molecule has 3 rings (SSSR count). The molecule has 130 valence electrons. The van der Waals surface area contributed by atoms with Gasteiger partial charge in [0.25, 0.3) is 11.6 Å². The van der Waals surface area contributed by atoms with Crippen LogP contribution in [0, 0.1) is 22.9 Å². The molecule has 0 saturated carbocycles. The van der Waals surface area contributed by atoms with Crippen LogP contribution in [-0.4, -0.2) is 33.9 Å². The van der Waals surface area contributed by atoms with Crippen LogP contribution in [0.2, 0.25) is 0 Å². The Kier molecular flexibility index (Phi) is 4.26. The standard InChI is InChI=1S/C18H17FN2O4/c1-12-3-2-4-15(21(24)25)16(12)17(22)20-10-9-18(23,11-20)13-5-7-14(19)8-6-13/h2-8,23H,9-11H2,1H3. The first kappa shape index (κ1) is 17.0. The summed E-state index contributed by atoms with van der Waals surface area (Å²) in [6.45, 7) is 1.91. The number of aryl methyl sites for hydroxylation is 1. The lowest BCUT2D eigenvalue weighted by Gasteiger charge is -2.24. The first-order valence-electron chi connectivity index (χ1n) is 7.83. The predicted octanol–water partition coefficient (Wildman–Crippen LogP) is 2.78. The lowest BCUT2D eigenvalue weighted by Crippen LogP contribution is -2.35. The van der Waals surface area contributed by atoms with Crippen molar-refractivity contribution in [2.24, 2.45) is 0 Å². The normalized spacial score (nSPS) is 19.9. The lowest BCUT2D eigenvalue weighted by atomic mass is 9.93. The van der Waals surface area contributed by atoms with Gasteiger partial charge >= 0.3 is 0 Å². The number of halogens is 1.